The Bertz CT molecular complexity index is 392. The van der Waals surface area contributed by atoms with E-state index in [1.54, 1.807) is 0 Å². The Morgan fingerprint density at radius 1 is 1.24 bits per heavy atom. The van der Waals surface area contributed by atoms with Gasteiger partial charge in [0.1, 0.15) is 6.10 Å². The number of aliphatic hydroxyl groups is 1. The van der Waals surface area contributed by atoms with E-state index in [1.165, 1.54) is 0 Å². The number of hydrogen-bond donors (Lipinski definition) is 1. The summed E-state index contributed by atoms with van der Waals surface area (Å²) in [7, 11) is 0. The highest BCUT2D eigenvalue weighted by molar-refractivity contribution is 6.31. The second kappa shape index (κ2) is 4.94. The summed E-state index contributed by atoms with van der Waals surface area (Å²) in [6.45, 7) is 3.66. The molecule has 1 aliphatic rings. The van der Waals surface area contributed by atoms with Gasteiger partial charge in [-0.15, -0.1) is 0 Å². The Labute approximate surface area is 106 Å². The van der Waals surface area contributed by atoms with Crippen LogP contribution in [-0.2, 0) is 15.9 Å². The predicted octanol–water partition coefficient (Wildman–Crippen LogP) is 2.39. The molecule has 0 radical (unpaired) electrons. The Morgan fingerprint density at radius 3 is 2.53 bits per heavy atom. The first-order valence-electron chi connectivity index (χ1n) is 5.72. The van der Waals surface area contributed by atoms with Gasteiger partial charge in [-0.3, -0.25) is 0 Å². The third-order valence-electron chi connectivity index (χ3n) is 2.84. The van der Waals surface area contributed by atoms with Crippen LogP contribution < -0.4 is 0 Å². The number of aliphatic hydroxyl groups excluding tert-OH is 1. The van der Waals surface area contributed by atoms with E-state index in [0.717, 1.165) is 10.6 Å². The van der Waals surface area contributed by atoms with Gasteiger partial charge in [-0.2, -0.15) is 0 Å². The van der Waals surface area contributed by atoms with Crippen LogP contribution >= 0.6 is 11.6 Å². The third-order valence-corrected chi connectivity index (χ3v) is 3.21. The van der Waals surface area contributed by atoms with E-state index < -0.39 is 5.79 Å². The lowest BCUT2D eigenvalue weighted by atomic mass is 10.0. The molecule has 1 aromatic rings. The smallest absolute Gasteiger partial charge is 0.163 e. The SMILES string of the molecule is CC1(C)OC(CO)[C@H](Cc2ccccc2Cl)O1. The molecule has 94 valence electrons. The maximum atomic E-state index is 9.28. The highest BCUT2D eigenvalue weighted by Gasteiger charge is 2.40. The lowest BCUT2D eigenvalue weighted by molar-refractivity contribution is -0.149. The minimum atomic E-state index is -0.640. The van der Waals surface area contributed by atoms with Crippen LogP contribution in [0, 0.1) is 0 Å². The lowest BCUT2D eigenvalue weighted by Crippen LogP contribution is -2.28. The molecule has 2 rings (SSSR count). The standard InChI is InChI=1S/C13H17ClO3/c1-13(2)16-11(12(8-15)17-13)7-9-5-3-4-6-10(9)14/h3-6,11-12,15H,7-8H2,1-2H3/t11-,12?/m0/s1. The molecule has 0 amide bonds. The largest absolute Gasteiger partial charge is 0.394 e. The summed E-state index contributed by atoms with van der Waals surface area (Å²) in [5, 5.41) is 10.00. The second-order valence-corrected chi connectivity index (χ2v) is 5.10. The molecule has 0 saturated carbocycles. The molecule has 1 aromatic carbocycles. The van der Waals surface area contributed by atoms with Crippen molar-refractivity contribution in [2.75, 3.05) is 6.61 Å². The molecule has 4 heteroatoms. The van der Waals surface area contributed by atoms with Crippen LogP contribution in [0.15, 0.2) is 24.3 Å². The zero-order valence-electron chi connectivity index (χ0n) is 10.0. The van der Waals surface area contributed by atoms with Gasteiger partial charge in [0.15, 0.2) is 5.79 Å². The maximum absolute atomic E-state index is 9.28. The fraction of sp³-hybridized carbons (Fsp3) is 0.538. The number of hydrogen-bond acceptors (Lipinski definition) is 3. The Hall–Kier alpha value is -0.610. The number of rotatable bonds is 3. The van der Waals surface area contributed by atoms with Gasteiger partial charge < -0.3 is 14.6 Å². The molecule has 1 unspecified atom stereocenters. The normalized spacial score (nSPS) is 27.3. The number of ether oxygens (including phenoxy) is 2. The molecule has 1 fully saturated rings. The van der Waals surface area contributed by atoms with Crippen LogP contribution in [0.3, 0.4) is 0 Å². The van der Waals surface area contributed by atoms with Crippen molar-refractivity contribution in [1.29, 1.82) is 0 Å². The van der Waals surface area contributed by atoms with Crippen molar-refractivity contribution in [3.8, 4) is 0 Å². The van der Waals surface area contributed by atoms with Gasteiger partial charge in [0.2, 0.25) is 0 Å². The maximum Gasteiger partial charge on any atom is 0.163 e. The number of benzene rings is 1. The van der Waals surface area contributed by atoms with E-state index in [9.17, 15) is 5.11 Å². The van der Waals surface area contributed by atoms with Crippen molar-refractivity contribution in [1.82, 2.24) is 0 Å². The van der Waals surface area contributed by atoms with Gasteiger partial charge in [-0.05, 0) is 25.5 Å². The Balaban J connectivity index is 2.11. The highest BCUT2D eigenvalue weighted by Crippen LogP contribution is 2.31. The van der Waals surface area contributed by atoms with E-state index in [0.29, 0.717) is 6.42 Å². The Kier molecular flexibility index (Phi) is 3.73. The van der Waals surface area contributed by atoms with Crippen LogP contribution in [0.5, 0.6) is 0 Å². The fourth-order valence-electron chi connectivity index (χ4n) is 2.12. The molecule has 1 heterocycles. The molecular formula is C13H17ClO3. The fourth-order valence-corrected chi connectivity index (χ4v) is 2.33. The summed E-state index contributed by atoms with van der Waals surface area (Å²) in [4.78, 5) is 0. The summed E-state index contributed by atoms with van der Waals surface area (Å²) in [5.41, 5.74) is 1.01. The molecule has 0 spiro atoms. The van der Waals surface area contributed by atoms with Gasteiger partial charge in [0.05, 0.1) is 12.7 Å². The minimum absolute atomic E-state index is 0.0431. The van der Waals surface area contributed by atoms with Crippen LogP contribution in [0.4, 0.5) is 0 Å². The first kappa shape index (κ1) is 12.8. The van der Waals surface area contributed by atoms with Crippen molar-refractivity contribution < 1.29 is 14.6 Å². The topological polar surface area (TPSA) is 38.7 Å². The first-order chi connectivity index (χ1) is 8.02. The van der Waals surface area contributed by atoms with E-state index >= 15 is 0 Å². The molecule has 0 bridgehead atoms. The van der Waals surface area contributed by atoms with Crippen molar-refractivity contribution in [2.45, 2.75) is 38.3 Å². The molecule has 2 atom stereocenters. The summed E-state index contributed by atoms with van der Waals surface area (Å²) >= 11 is 6.11. The predicted molar refractivity (Wildman–Crippen MR) is 66.1 cm³/mol. The molecule has 1 saturated heterocycles. The molecule has 0 aromatic heterocycles. The quantitative estimate of drug-likeness (QED) is 0.903. The zero-order chi connectivity index (χ0) is 12.5. The molecular weight excluding hydrogens is 240 g/mol. The van der Waals surface area contributed by atoms with Crippen LogP contribution in [0.2, 0.25) is 5.02 Å². The second-order valence-electron chi connectivity index (χ2n) is 4.69. The van der Waals surface area contributed by atoms with Gasteiger partial charge >= 0.3 is 0 Å². The summed E-state index contributed by atoms with van der Waals surface area (Å²) in [6, 6.07) is 7.65. The average Bonchev–Trinajstić information content (AvgIpc) is 2.56. The average molecular weight is 257 g/mol. The molecule has 3 nitrogen and oxygen atoms in total. The third kappa shape index (κ3) is 2.99. The van der Waals surface area contributed by atoms with Crippen LogP contribution in [0.25, 0.3) is 0 Å². The number of halogens is 1. The van der Waals surface area contributed by atoms with E-state index in [-0.39, 0.29) is 18.8 Å². The molecule has 1 N–H and O–H groups in total. The van der Waals surface area contributed by atoms with Crippen LogP contribution in [0.1, 0.15) is 19.4 Å². The van der Waals surface area contributed by atoms with Crippen molar-refractivity contribution in [3.05, 3.63) is 34.9 Å². The van der Waals surface area contributed by atoms with Gasteiger partial charge in [0.25, 0.3) is 0 Å². The summed E-state index contributed by atoms with van der Waals surface area (Å²) in [6.07, 6.45) is 0.199. The minimum Gasteiger partial charge on any atom is -0.394 e. The summed E-state index contributed by atoms with van der Waals surface area (Å²) in [5.74, 6) is -0.640. The van der Waals surface area contributed by atoms with E-state index in [4.69, 9.17) is 21.1 Å². The summed E-state index contributed by atoms with van der Waals surface area (Å²) < 4.78 is 11.4. The highest BCUT2D eigenvalue weighted by atomic mass is 35.5. The zero-order valence-corrected chi connectivity index (χ0v) is 10.8. The van der Waals surface area contributed by atoms with Gasteiger partial charge in [-0.1, -0.05) is 29.8 Å². The van der Waals surface area contributed by atoms with E-state index in [2.05, 4.69) is 0 Å². The van der Waals surface area contributed by atoms with Crippen molar-refractivity contribution >= 4 is 11.6 Å². The monoisotopic (exact) mass is 256 g/mol. The van der Waals surface area contributed by atoms with Gasteiger partial charge in [0, 0.05) is 11.4 Å². The first-order valence-corrected chi connectivity index (χ1v) is 6.09. The molecule has 0 aliphatic carbocycles. The van der Waals surface area contributed by atoms with Crippen molar-refractivity contribution in [3.63, 3.8) is 0 Å². The Morgan fingerprint density at radius 2 is 1.88 bits per heavy atom. The van der Waals surface area contributed by atoms with E-state index in [1.807, 2.05) is 38.1 Å². The molecule has 1 aliphatic heterocycles. The van der Waals surface area contributed by atoms with Crippen LogP contribution in [-0.4, -0.2) is 29.7 Å². The van der Waals surface area contributed by atoms with Gasteiger partial charge in [-0.25, -0.2) is 0 Å². The molecule has 17 heavy (non-hydrogen) atoms. The lowest BCUT2D eigenvalue weighted by Gasteiger charge is -2.17. The van der Waals surface area contributed by atoms with Crippen molar-refractivity contribution in [2.24, 2.45) is 0 Å².